The average Bonchev–Trinajstić information content (AvgIpc) is 3.47. The second kappa shape index (κ2) is 9.03. The molecular formula is C26H24N4O2S. The topological polar surface area (TPSA) is 59.4 Å². The molecule has 2 aromatic carbocycles. The van der Waals surface area contributed by atoms with Gasteiger partial charge in [0.25, 0.3) is 0 Å². The second-order valence-corrected chi connectivity index (χ2v) is 8.37. The molecule has 166 valence electrons. The molecule has 2 atom stereocenters. The largest absolute Gasteiger partial charge is 0.469 e. The highest BCUT2D eigenvalue weighted by molar-refractivity contribution is 7.80. The number of methoxy groups -OCH3 is 1. The first-order chi connectivity index (χ1) is 16.2. The first-order valence-corrected chi connectivity index (χ1v) is 11.3. The molecular weight excluding hydrogens is 432 g/mol. The molecule has 0 unspecified atom stereocenters. The first kappa shape index (κ1) is 21.2. The van der Waals surface area contributed by atoms with E-state index in [4.69, 9.17) is 17.0 Å². The second-order valence-electron chi connectivity index (χ2n) is 7.98. The fraction of sp³-hybridized carbons (Fsp3) is 0.192. The van der Waals surface area contributed by atoms with Gasteiger partial charge in [-0.2, -0.15) is 0 Å². The summed E-state index contributed by atoms with van der Waals surface area (Å²) in [6, 6.07) is 24.5. The van der Waals surface area contributed by atoms with Gasteiger partial charge in [-0.15, -0.1) is 0 Å². The van der Waals surface area contributed by atoms with Gasteiger partial charge in [0.1, 0.15) is 0 Å². The van der Waals surface area contributed by atoms with Gasteiger partial charge in [0, 0.05) is 30.3 Å². The van der Waals surface area contributed by atoms with Crippen LogP contribution in [0.15, 0.2) is 85.2 Å². The lowest BCUT2D eigenvalue weighted by atomic mass is 10.0. The predicted molar refractivity (Wildman–Crippen MR) is 132 cm³/mol. The molecule has 0 saturated carbocycles. The van der Waals surface area contributed by atoms with Crippen LogP contribution >= 0.6 is 12.2 Å². The third-order valence-corrected chi connectivity index (χ3v) is 6.43. The molecule has 6 nitrogen and oxygen atoms in total. The number of carbonyl (C=O) groups is 1. The normalized spacial score (nSPS) is 17.8. The van der Waals surface area contributed by atoms with Crippen molar-refractivity contribution in [3.05, 3.63) is 96.6 Å². The third kappa shape index (κ3) is 4.07. The van der Waals surface area contributed by atoms with Crippen LogP contribution in [0.4, 0.5) is 0 Å². The Kier molecular flexibility index (Phi) is 5.79. The Hall–Kier alpha value is -3.71. The van der Waals surface area contributed by atoms with Crippen LogP contribution in [0.5, 0.6) is 0 Å². The maximum absolute atomic E-state index is 11.9. The van der Waals surface area contributed by atoms with Gasteiger partial charge in [0.2, 0.25) is 0 Å². The van der Waals surface area contributed by atoms with E-state index in [1.165, 1.54) is 17.9 Å². The molecule has 5 rings (SSSR count). The first-order valence-electron chi connectivity index (χ1n) is 10.9. The Balaban J connectivity index is 1.58. The van der Waals surface area contributed by atoms with Crippen LogP contribution in [-0.4, -0.2) is 39.2 Å². The van der Waals surface area contributed by atoms with Gasteiger partial charge < -0.3 is 19.5 Å². The summed E-state index contributed by atoms with van der Waals surface area (Å²) in [5.41, 5.74) is 3.04. The molecule has 2 aromatic heterocycles. The van der Waals surface area contributed by atoms with Crippen molar-refractivity contribution in [3.8, 4) is 5.69 Å². The fourth-order valence-corrected chi connectivity index (χ4v) is 4.81. The van der Waals surface area contributed by atoms with E-state index in [-0.39, 0.29) is 24.5 Å². The molecule has 7 heteroatoms. The van der Waals surface area contributed by atoms with Crippen molar-refractivity contribution in [2.75, 3.05) is 13.7 Å². The van der Waals surface area contributed by atoms with Crippen molar-refractivity contribution in [2.45, 2.75) is 18.5 Å². The molecule has 1 saturated heterocycles. The fourth-order valence-electron chi connectivity index (χ4n) is 4.48. The number of rotatable bonds is 6. The number of hydrogen-bond donors (Lipinski definition) is 1. The van der Waals surface area contributed by atoms with Crippen LogP contribution in [0.3, 0.4) is 0 Å². The van der Waals surface area contributed by atoms with Crippen LogP contribution in [0, 0.1) is 0 Å². The lowest BCUT2D eigenvalue weighted by Crippen LogP contribution is -2.32. The smallest absolute Gasteiger partial charge is 0.307 e. The van der Waals surface area contributed by atoms with Crippen LogP contribution in [0.25, 0.3) is 16.5 Å². The molecule has 0 amide bonds. The van der Waals surface area contributed by atoms with E-state index >= 15 is 0 Å². The standard InChI is InChI=1S/C26H24N4O2S/c1-32-23(31)13-16-30-25(24(28-26(30)33)21-9-4-5-14-27-21)22-10-6-15-29(22)20-12-11-18-7-2-3-8-19(18)17-20/h2-12,14-15,17,24-25H,13,16H2,1H3,(H,28,33)/t24-,25+/m0/s1. The number of pyridine rings is 1. The summed E-state index contributed by atoms with van der Waals surface area (Å²) in [6.45, 7) is 0.454. The van der Waals surface area contributed by atoms with Crippen LogP contribution in [0.2, 0.25) is 0 Å². The molecule has 1 aliphatic heterocycles. The summed E-state index contributed by atoms with van der Waals surface area (Å²) in [7, 11) is 1.40. The molecule has 1 fully saturated rings. The van der Waals surface area contributed by atoms with Gasteiger partial charge in [-0.1, -0.05) is 36.4 Å². The quantitative estimate of drug-likeness (QED) is 0.339. The Morgan fingerprint density at radius 3 is 2.67 bits per heavy atom. The number of aromatic nitrogens is 2. The molecule has 1 aliphatic rings. The summed E-state index contributed by atoms with van der Waals surface area (Å²) in [6.07, 6.45) is 4.10. The van der Waals surface area contributed by atoms with Crippen LogP contribution in [0.1, 0.15) is 29.9 Å². The maximum atomic E-state index is 11.9. The average molecular weight is 457 g/mol. The van der Waals surface area contributed by atoms with Gasteiger partial charge in [-0.3, -0.25) is 9.78 Å². The van der Waals surface area contributed by atoms with Crippen molar-refractivity contribution in [3.63, 3.8) is 0 Å². The summed E-state index contributed by atoms with van der Waals surface area (Å²) in [4.78, 5) is 18.6. The number of thiocarbonyl (C=S) groups is 1. The zero-order valence-electron chi connectivity index (χ0n) is 18.2. The third-order valence-electron chi connectivity index (χ3n) is 6.08. The van der Waals surface area contributed by atoms with Gasteiger partial charge in [-0.25, -0.2) is 0 Å². The molecule has 0 aliphatic carbocycles. The molecule has 33 heavy (non-hydrogen) atoms. The monoisotopic (exact) mass is 456 g/mol. The van der Waals surface area contributed by atoms with Crippen molar-refractivity contribution in [2.24, 2.45) is 0 Å². The molecule has 3 heterocycles. The van der Waals surface area contributed by atoms with Crippen molar-refractivity contribution < 1.29 is 9.53 Å². The highest BCUT2D eigenvalue weighted by Gasteiger charge is 2.41. The van der Waals surface area contributed by atoms with E-state index < -0.39 is 0 Å². The molecule has 0 radical (unpaired) electrons. The number of benzene rings is 2. The van der Waals surface area contributed by atoms with Crippen molar-refractivity contribution >= 4 is 34.1 Å². The number of fused-ring (bicyclic) bond motifs is 1. The minimum atomic E-state index is -0.261. The zero-order chi connectivity index (χ0) is 22.8. The minimum absolute atomic E-state index is 0.140. The highest BCUT2D eigenvalue weighted by atomic mass is 32.1. The Morgan fingerprint density at radius 1 is 1.06 bits per heavy atom. The van der Waals surface area contributed by atoms with Crippen molar-refractivity contribution in [1.82, 2.24) is 19.8 Å². The van der Waals surface area contributed by atoms with E-state index in [0.29, 0.717) is 11.7 Å². The van der Waals surface area contributed by atoms with E-state index in [9.17, 15) is 4.79 Å². The maximum Gasteiger partial charge on any atom is 0.307 e. The van der Waals surface area contributed by atoms with Crippen molar-refractivity contribution in [1.29, 1.82) is 0 Å². The SMILES string of the molecule is COC(=O)CCN1C(=S)N[C@@H](c2ccccn2)[C@H]1c1cccn1-c1ccc2ccccc2c1. The Morgan fingerprint density at radius 2 is 1.88 bits per heavy atom. The number of nitrogens with one attached hydrogen (secondary N) is 1. The summed E-state index contributed by atoms with van der Waals surface area (Å²) < 4.78 is 7.06. The summed E-state index contributed by atoms with van der Waals surface area (Å²) in [5, 5.41) is 6.42. The highest BCUT2D eigenvalue weighted by Crippen LogP contribution is 2.39. The molecule has 1 N–H and O–H groups in total. The Bertz CT molecular complexity index is 1300. The van der Waals surface area contributed by atoms with E-state index in [0.717, 1.165) is 17.1 Å². The number of hydrogen-bond acceptors (Lipinski definition) is 4. The van der Waals surface area contributed by atoms with Gasteiger partial charge in [-0.05, 0) is 59.4 Å². The Labute approximate surface area is 197 Å². The summed E-state index contributed by atoms with van der Waals surface area (Å²) in [5.74, 6) is -0.261. The van der Waals surface area contributed by atoms with E-state index in [1.807, 2.05) is 36.4 Å². The molecule has 0 spiro atoms. The minimum Gasteiger partial charge on any atom is -0.469 e. The van der Waals surface area contributed by atoms with E-state index in [1.54, 1.807) is 6.20 Å². The molecule has 4 aromatic rings. The molecule has 0 bridgehead atoms. The number of esters is 1. The van der Waals surface area contributed by atoms with E-state index in [2.05, 4.69) is 62.4 Å². The number of ether oxygens (including phenoxy) is 1. The predicted octanol–water partition coefficient (Wildman–Crippen LogP) is 4.56. The van der Waals surface area contributed by atoms with Gasteiger partial charge in [0.15, 0.2) is 5.11 Å². The number of carbonyl (C=O) groups excluding carboxylic acids is 1. The van der Waals surface area contributed by atoms with Crippen LogP contribution in [-0.2, 0) is 9.53 Å². The van der Waals surface area contributed by atoms with Gasteiger partial charge >= 0.3 is 5.97 Å². The lowest BCUT2D eigenvalue weighted by Gasteiger charge is -2.28. The lowest BCUT2D eigenvalue weighted by molar-refractivity contribution is -0.140. The number of nitrogens with zero attached hydrogens (tertiary/aromatic N) is 3. The van der Waals surface area contributed by atoms with Crippen LogP contribution < -0.4 is 5.32 Å². The van der Waals surface area contributed by atoms with Gasteiger partial charge in [0.05, 0.1) is 31.3 Å². The zero-order valence-corrected chi connectivity index (χ0v) is 19.0. The summed E-state index contributed by atoms with van der Waals surface area (Å²) >= 11 is 5.71.